The molecule has 24 heteroatoms. The van der Waals surface area contributed by atoms with E-state index in [2.05, 4.69) is 78.6 Å². The molecular formula is C82H112N10O12S2. The van der Waals surface area contributed by atoms with Gasteiger partial charge in [0.15, 0.2) is 12.2 Å². The van der Waals surface area contributed by atoms with Crippen molar-refractivity contribution >= 4 is 68.5 Å². The van der Waals surface area contributed by atoms with Crippen LogP contribution < -0.4 is 30.9 Å². The lowest BCUT2D eigenvalue weighted by Gasteiger charge is -2.72. The number of thioether (sulfide) groups is 1. The summed E-state index contributed by atoms with van der Waals surface area (Å²) in [5.74, 6) is -0.748. The first-order chi connectivity index (χ1) is 50.6. The van der Waals surface area contributed by atoms with Gasteiger partial charge in [-0.15, -0.1) is 11.8 Å². The zero-order valence-electron chi connectivity index (χ0n) is 63.4. The van der Waals surface area contributed by atoms with Crippen molar-refractivity contribution in [1.29, 1.82) is 0 Å². The van der Waals surface area contributed by atoms with Gasteiger partial charge < -0.3 is 55.0 Å². The standard InChI is InChI=1S/C82H112N10O12S2/c1-56-45-67(106(100,101)88-76(97)61-20-22-64(23-21-61)91-39-37-90(38-40-91)49-62-28-32-80(6,7)47-68(62)82-52-81(8,53-82)54-82)24-25-69(56)86-63(51-105-66-13-10-9-11-14-66)31-36-89-34-29-59(30-35-89)71(94)15-12-41-102-43-44-103-42-33-83-72(95)26-27-73(96)87-75(79(3,4)5)78(99)92-50-65(93)46-70(92)77(98)84-48-58-16-18-60(19-17-58)74-57(2)85-55-104-74/h9-11,13-14,16-25,45,55,59,63,65,70,75,86,93H,12,15,26-44,46-54H2,1-8H3,(H,83,95)(H,84,98)(H,87,96)(H,88,97)/t63-,65-,70+,75-,81?,82?/m1/s1. The van der Waals surface area contributed by atoms with Crippen LogP contribution in [0.4, 0.5) is 11.4 Å². The number of piperidine rings is 1. The highest BCUT2D eigenvalue weighted by Crippen LogP contribution is 2.77. The monoisotopic (exact) mass is 1490 g/mol. The Morgan fingerprint density at radius 2 is 1.49 bits per heavy atom. The fraction of sp³-hybridized carbons (Fsp3) is 0.573. The molecular weight excluding hydrogens is 1380 g/mol. The molecule has 7 aliphatic rings. The van der Waals surface area contributed by atoms with Gasteiger partial charge in [-0.1, -0.05) is 95.2 Å². The Hall–Kier alpha value is -7.45. The van der Waals surface area contributed by atoms with Gasteiger partial charge in [0.1, 0.15) is 17.9 Å². The first-order valence-electron chi connectivity index (χ1n) is 38.2. The van der Waals surface area contributed by atoms with Crippen molar-refractivity contribution in [2.24, 2.45) is 27.6 Å². The number of carbonyl (C=O) groups excluding carboxylic acids is 6. The number of rotatable bonds is 35. The number of sulfonamides is 1. The highest BCUT2D eigenvalue weighted by atomic mass is 32.2. The van der Waals surface area contributed by atoms with Crippen molar-refractivity contribution in [3.05, 3.63) is 137 Å². The molecule has 22 nitrogen and oxygen atoms in total. The largest absolute Gasteiger partial charge is 0.443 e. The topological polar surface area (TPSA) is 274 Å². The second-order valence-corrected chi connectivity index (χ2v) is 35.5. The number of β-amino-alcohol motifs (C(OH)–C–C–N with tert-alkyl or cyclic N) is 1. The third-order valence-electron chi connectivity index (χ3n) is 22.5. The van der Waals surface area contributed by atoms with Crippen LogP contribution in [-0.2, 0) is 50.0 Å². The second-order valence-electron chi connectivity index (χ2n) is 32.7. The van der Waals surface area contributed by atoms with Crippen LogP contribution in [0.2, 0.25) is 0 Å². The molecule has 5 amide bonds. The highest BCUT2D eigenvalue weighted by molar-refractivity contribution is 7.99. The molecule has 1 aromatic heterocycles. The van der Waals surface area contributed by atoms with E-state index in [-0.39, 0.29) is 79.6 Å². The first-order valence-corrected chi connectivity index (χ1v) is 40.7. The highest BCUT2D eigenvalue weighted by Gasteiger charge is 2.67. The summed E-state index contributed by atoms with van der Waals surface area (Å²) >= 11 is 1.76. The SMILES string of the molecule is Cc1cc(S(=O)(=O)NC(=O)c2ccc(N3CCN(CC4=C(C56CC(C)(C5)C6)CC(C)(C)CC4)CC3)cc2)ccc1N[C@H](CCN1CCC(C(=O)CCCOCCOCCNC(=O)CCC(=O)N[C@H](C(=O)N2C[C@H](O)C[C@H]2C(=O)NCc2ccc(-c3ocnc3C)cc2)C(C)(C)C)CC1)CSc1ccccc1. The third-order valence-corrected chi connectivity index (χ3v) is 25.0. The van der Waals surface area contributed by atoms with Crippen molar-refractivity contribution < 1.29 is 56.2 Å². The summed E-state index contributed by atoms with van der Waals surface area (Å²) in [4.78, 5) is 94.5. The number of nitrogens with zero attached hydrogens (tertiary/aromatic N) is 5. The van der Waals surface area contributed by atoms with Crippen LogP contribution in [0, 0.1) is 41.4 Å². The van der Waals surface area contributed by atoms with E-state index in [0.29, 0.717) is 54.7 Å². The van der Waals surface area contributed by atoms with Gasteiger partial charge in [0, 0.05) is 136 Å². The van der Waals surface area contributed by atoms with E-state index in [1.165, 1.54) is 49.8 Å². The number of carbonyl (C=O) groups is 6. The minimum absolute atomic E-state index is 0.00147. The fourth-order valence-electron chi connectivity index (χ4n) is 16.6. The quantitative estimate of drug-likeness (QED) is 0.0125. The second kappa shape index (κ2) is 35.3. The predicted octanol–water partition coefficient (Wildman–Crippen LogP) is 10.7. The number of oxazole rings is 1. The summed E-state index contributed by atoms with van der Waals surface area (Å²) in [7, 11) is -4.19. The lowest BCUT2D eigenvalue weighted by molar-refractivity contribution is -0.167. The number of allylic oxidation sites excluding steroid dienone is 1. The van der Waals surface area contributed by atoms with Crippen molar-refractivity contribution in [2.45, 2.75) is 186 Å². The Balaban J connectivity index is 0.539. The lowest BCUT2D eigenvalue weighted by atomic mass is 9.33. The van der Waals surface area contributed by atoms with Gasteiger partial charge in [-0.25, -0.2) is 18.1 Å². The number of hydrogen-bond donors (Lipinski definition) is 6. The molecule has 0 unspecified atom stereocenters. The van der Waals surface area contributed by atoms with Crippen LogP contribution >= 0.6 is 11.8 Å². The zero-order valence-corrected chi connectivity index (χ0v) is 65.0. The van der Waals surface area contributed by atoms with Gasteiger partial charge in [0.25, 0.3) is 15.9 Å². The number of anilines is 2. The van der Waals surface area contributed by atoms with Crippen molar-refractivity contribution in [2.75, 3.05) is 108 Å². The Morgan fingerprint density at radius 1 is 0.792 bits per heavy atom. The number of hydrogen-bond acceptors (Lipinski definition) is 18. The number of amides is 5. The summed E-state index contributed by atoms with van der Waals surface area (Å²) in [5.41, 5.74) is 9.53. The molecule has 4 aromatic carbocycles. The molecule has 3 saturated carbocycles. The Morgan fingerprint density at radius 3 is 2.16 bits per heavy atom. The van der Waals surface area contributed by atoms with Crippen molar-refractivity contribution in [3.63, 3.8) is 0 Å². The van der Waals surface area contributed by atoms with Gasteiger partial charge in [0.05, 0.1) is 36.5 Å². The lowest BCUT2D eigenvalue weighted by Crippen LogP contribution is -2.61. The normalized spacial score (nSPS) is 21.9. The van der Waals surface area contributed by atoms with Gasteiger partial charge in [-0.3, -0.25) is 33.7 Å². The Bertz CT molecular complexity index is 3990. The van der Waals surface area contributed by atoms with E-state index in [1.54, 1.807) is 74.0 Å². The van der Waals surface area contributed by atoms with Crippen molar-refractivity contribution in [3.8, 4) is 11.3 Å². The molecule has 4 atom stereocenters. The maximum atomic E-state index is 14.1. The first kappa shape index (κ1) is 79.6. The summed E-state index contributed by atoms with van der Waals surface area (Å²) in [6.45, 7) is 25.4. The van der Waals surface area contributed by atoms with E-state index in [9.17, 15) is 42.3 Å². The predicted molar refractivity (Wildman–Crippen MR) is 412 cm³/mol. The van der Waals surface area contributed by atoms with E-state index < -0.39 is 57.3 Å². The van der Waals surface area contributed by atoms with Crippen LogP contribution in [-0.4, -0.2) is 190 Å². The zero-order chi connectivity index (χ0) is 75.4. The summed E-state index contributed by atoms with van der Waals surface area (Å²) in [6, 6.07) is 28.0. The Labute approximate surface area is 631 Å². The van der Waals surface area contributed by atoms with Gasteiger partial charge in [0.2, 0.25) is 23.6 Å². The minimum Gasteiger partial charge on any atom is -0.443 e. The number of aliphatic hydroxyl groups excluding tert-OH is 1. The number of aliphatic hydroxyl groups is 1. The molecule has 574 valence electrons. The van der Waals surface area contributed by atoms with E-state index in [0.717, 1.165) is 116 Å². The number of aryl methyl sites for hydroxylation is 2. The number of nitrogens with one attached hydrogen (secondary N) is 5. The van der Waals surface area contributed by atoms with Gasteiger partial charge >= 0.3 is 0 Å². The molecule has 3 saturated heterocycles. The smallest absolute Gasteiger partial charge is 0.264 e. The molecule has 3 aliphatic heterocycles. The number of ketones is 1. The van der Waals surface area contributed by atoms with E-state index in [4.69, 9.17) is 13.9 Å². The summed E-state index contributed by atoms with van der Waals surface area (Å²) < 4.78 is 46.8. The molecule has 106 heavy (non-hydrogen) atoms. The molecule has 6 fully saturated rings. The molecule has 12 rings (SSSR count). The number of aromatic nitrogens is 1. The molecule has 4 heterocycles. The molecule has 6 N–H and O–H groups in total. The number of ether oxygens (including phenoxy) is 2. The number of benzene rings is 4. The molecule has 5 aromatic rings. The van der Waals surface area contributed by atoms with Crippen molar-refractivity contribution in [1.82, 2.24) is 40.4 Å². The molecule has 0 radical (unpaired) electrons. The number of Topliss-reactive ketones (excluding diaryl/α,β-unsaturated/α-hetero) is 1. The van der Waals surface area contributed by atoms with Crippen LogP contribution in [0.15, 0.2) is 129 Å². The number of piperazine rings is 1. The van der Waals surface area contributed by atoms with Crippen LogP contribution in [0.25, 0.3) is 11.3 Å². The molecule has 2 bridgehead atoms. The number of likely N-dealkylation sites (tertiary alicyclic amines) is 2. The summed E-state index contributed by atoms with van der Waals surface area (Å²) in [5, 5.41) is 22.8. The summed E-state index contributed by atoms with van der Waals surface area (Å²) in [6.07, 6.45) is 11.5. The average Bonchev–Trinajstić information content (AvgIpc) is 0.766. The average molecular weight is 1490 g/mol. The molecule has 4 aliphatic carbocycles. The van der Waals surface area contributed by atoms with Crippen LogP contribution in [0.3, 0.4) is 0 Å². The van der Waals surface area contributed by atoms with Gasteiger partial charge in [-0.2, -0.15) is 0 Å². The van der Waals surface area contributed by atoms with E-state index in [1.807, 2.05) is 68.4 Å². The van der Waals surface area contributed by atoms with Crippen LogP contribution in [0.5, 0.6) is 0 Å². The maximum absolute atomic E-state index is 14.1. The maximum Gasteiger partial charge on any atom is 0.264 e. The van der Waals surface area contributed by atoms with Gasteiger partial charge in [-0.05, 0) is 179 Å². The van der Waals surface area contributed by atoms with Crippen LogP contribution in [0.1, 0.15) is 159 Å². The fourth-order valence-corrected chi connectivity index (χ4v) is 18.6. The van der Waals surface area contributed by atoms with E-state index >= 15 is 0 Å². The Kier molecular flexibility index (Phi) is 26.5. The minimum atomic E-state index is -4.19. The third kappa shape index (κ3) is 21.1. The molecule has 0 spiro atoms.